The third-order valence-electron chi connectivity index (χ3n) is 1.80. The summed E-state index contributed by atoms with van der Waals surface area (Å²) >= 11 is 0. The molecule has 2 N–H and O–H groups in total. The van der Waals surface area contributed by atoms with Crippen LogP contribution >= 0.6 is 7.82 Å². The van der Waals surface area contributed by atoms with Crippen molar-refractivity contribution in [2.24, 2.45) is 5.92 Å². The fourth-order valence-electron chi connectivity index (χ4n) is 0.917. The molecule has 0 aromatic heterocycles. The van der Waals surface area contributed by atoms with Crippen LogP contribution in [-0.2, 0) is 4.57 Å². The molecule has 5 nitrogen and oxygen atoms in total. The minimum absolute atomic E-state index is 0. The van der Waals surface area contributed by atoms with Crippen LogP contribution in [0.15, 0.2) is 0 Å². The van der Waals surface area contributed by atoms with Crippen molar-refractivity contribution in [3.63, 3.8) is 0 Å². The van der Waals surface area contributed by atoms with E-state index in [-0.39, 0.29) is 59.1 Å². The molecule has 0 aliphatic rings. The zero-order chi connectivity index (χ0) is 11.6. The average molecular weight is 272 g/mol. The van der Waals surface area contributed by atoms with Crippen molar-refractivity contribution in [3.8, 4) is 0 Å². The van der Waals surface area contributed by atoms with E-state index in [1.807, 2.05) is 0 Å². The van der Waals surface area contributed by atoms with Gasteiger partial charge in [0, 0.05) is 6.61 Å². The van der Waals surface area contributed by atoms with Gasteiger partial charge in [-0.3, -0.25) is 0 Å². The standard InChI is InChI=1S/C8H18O.2Na.H3O4P/c1-3-5-6-8(4-2)7-9;;;1-5(2,3)4/h8-9H,3-7H2,1-2H3;;;(H3,1,2,3,4)/q;2*+1;/p-2. The SMILES string of the molecule is CCCCC(CC)CO.O=P([O-])([O-])O.[Na+].[Na+]. The van der Waals surface area contributed by atoms with E-state index in [9.17, 15) is 0 Å². The summed E-state index contributed by atoms with van der Waals surface area (Å²) < 4.78 is 8.66. The summed E-state index contributed by atoms with van der Waals surface area (Å²) in [7, 11) is -5.14. The third kappa shape index (κ3) is 36.0. The largest absolute Gasteiger partial charge is 1.00 e. The molecule has 0 radical (unpaired) electrons. The minimum Gasteiger partial charge on any atom is -0.790 e. The predicted molar refractivity (Wildman–Crippen MR) is 50.2 cm³/mol. The number of aliphatic hydroxyl groups excluding tert-OH is 1. The zero-order valence-electron chi connectivity index (χ0n) is 10.7. The van der Waals surface area contributed by atoms with Crippen molar-refractivity contribution in [2.45, 2.75) is 39.5 Å². The molecule has 0 fully saturated rings. The maximum atomic E-state index is 8.75. The van der Waals surface area contributed by atoms with Crippen LogP contribution in [0.25, 0.3) is 0 Å². The molecule has 0 amide bonds. The van der Waals surface area contributed by atoms with Gasteiger partial charge >= 0.3 is 59.1 Å². The van der Waals surface area contributed by atoms with E-state index in [1.54, 1.807) is 0 Å². The second kappa shape index (κ2) is 17.1. The Morgan fingerprint density at radius 3 is 1.81 bits per heavy atom. The first-order valence-corrected chi connectivity index (χ1v) is 6.20. The molecule has 8 heteroatoms. The molecule has 0 aromatic carbocycles. The molecule has 0 heterocycles. The first kappa shape index (κ1) is 26.6. The van der Waals surface area contributed by atoms with Gasteiger partial charge in [-0.25, -0.2) is 0 Å². The zero-order valence-corrected chi connectivity index (χ0v) is 15.6. The minimum atomic E-state index is -5.14. The van der Waals surface area contributed by atoms with Gasteiger partial charge < -0.3 is 24.4 Å². The Balaban J connectivity index is -0.0000000904. The molecule has 88 valence electrons. The van der Waals surface area contributed by atoms with E-state index < -0.39 is 7.82 Å². The van der Waals surface area contributed by atoms with Crippen molar-refractivity contribution < 1.29 is 83.5 Å². The maximum Gasteiger partial charge on any atom is 1.00 e. The van der Waals surface area contributed by atoms with Crippen LogP contribution in [0, 0.1) is 5.92 Å². The summed E-state index contributed by atoms with van der Waals surface area (Å²) in [5.41, 5.74) is 0. The van der Waals surface area contributed by atoms with E-state index in [0.717, 1.165) is 6.42 Å². The number of hydrogen-bond acceptors (Lipinski definition) is 4. The van der Waals surface area contributed by atoms with Crippen molar-refractivity contribution in [1.29, 1.82) is 0 Å². The predicted octanol–water partition coefficient (Wildman–Crippen LogP) is -5.99. The Morgan fingerprint density at radius 2 is 1.62 bits per heavy atom. The second-order valence-corrected chi connectivity index (χ2v) is 4.00. The molecule has 0 aliphatic carbocycles. The van der Waals surface area contributed by atoms with Crippen molar-refractivity contribution in [2.75, 3.05) is 6.61 Å². The topological polar surface area (TPSA) is 104 Å². The van der Waals surface area contributed by atoms with Gasteiger partial charge in [-0.15, -0.1) is 0 Å². The molecule has 0 rings (SSSR count). The Hall–Kier alpha value is 2.07. The maximum absolute atomic E-state index is 8.75. The summed E-state index contributed by atoms with van der Waals surface area (Å²) in [6, 6.07) is 0. The molecule has 0 aliphatic heterocycles. The van der Waals surface area contributed by atoms with Gasteiger partial charge in [-0.2, -0.15) is 0 Å². The molecule has 16 heavy (non-hydrogen) atoms. The van der Waals surface area contributed by atoms with Crippen LogP contribution in [0.1, 0.15) is 39.5 Å². The summed E-state index contributed by atoms with van der Waals surface area (Å²) in [6.45, 7) is 4.69. The molecule has 0 saturated carbocycles. The van der Waals surface area contributed by atoms with Gasteiger partial charge in [-0.05, 0) is 12.3 Å². The van der Waals surface area contributed by atoms with Crippen LogP contribution in [0.3, 0.4) is 0 Å². The summed E-state index contributed by atoms with van der Waals surface area (Å²) in [4.78, 5) is 24.3. The quantitative estimate of drug-likeness (QED) is 0.383. The molecule has 1 atom stereocenters. The first-order chi connectivity index (χ1) is 6.35. The Bertz CT molecular complexity index is 152. The van der Waals surface area contributed by atoms with Gasteiger partial charge in [0.15, 0.2) is 0 Å². The van der Waals surface area contributed by atoms with Gasteiger partial charge in [0.05, 0.1) is 7.82 Å². The monoisotopic (exact) mass is 272 g/mol. The molecular weight excluding hydrogens is 253 g/mol. The average Bonchev–Trinajstić information content (AvgIpc) is 2.04. The Kier molecular flexibility index (Phi) is 28.4. The number of hydrogen-bond donors (Lipinski definition) is 2. The Labute approximate surface area is 142 Å². The van der Waals surface area contributed by atoms with Gasteiger partial charge in [0.1, 0.15) is 0 Å². The number of rotatable bonds is 5. The van der Waals surface area contributed by atoms with Gasteiger partial charge in [-0.1, -0.05) is 33.1 Å². The number of phosphoric acid groups is 1. The third-order valence-corrected chi connectivity index (χ3v) is 1.80. The van der Waals surface area contributed by atoms with E-state index in [2.05, 4.69) is 13.8 Å². The fourth-order valence-corrected chi connectivity index (χ4v) is 0.917. The normalized spacial score (nSPS) is 11.4. The van der Waals surface area contributed by atoms with Gasteiger partial charge in [0.25, 0.3) is 0 Å². The number of unbranched alkanes of at least 4 members (excludes halogenated alkanes) is 1. The van der Waals surface area contributed by atoms with Crippen molar-refractivity contribution in [1.82, 2.24) is 0 Å². The Morgan fingerprint density at radius 1 is 1.25 bits per heavy atom. The second-order valence-electron chi connectivity index (χ2n) is 3.07. The fraction of sp³-hybridized carbons (Fsp3) is 1.00. The smallest absolute Gasteiger partial charge is 0.790 e. The number of aliphatic hydroxyl groups is 1. The van der Waals surface area contributed by atoms with E-state index >= 15 is 0 Å². The molecule has 0 spiro atoms. The van der Waals surface area contributed by atoms with Crippen molar-refractivity contribution in [3.05, 3.63) is 0 Å². The molecule has 1 unspecified atom stereocenters. The van der Waals surface area contributed by atoms with Crippen LogP contribution < -0.4 is 68.9 Å². The molecule has 0 aromatic rings. The van der Waals surface area contributed by atoms with Crippen LogP contribution in [-0.4, -0.2) is 16.6 Å². The summed E-state index contributed by atoms with van der Waals surface area (Å²) in [5.74, 6) is 0.560. The van der Waals surface area contributed by atoms with Gasteiger partial charge in [0.2, 0.25) is 0 Å². The van der Waals surface area contributed by atoms with E-state index in [1.165, 1.54) is 19.3 Å². The first-order valence-electron chi connectivity index (χ1n) is 4.70. The van der Waals surface area contributed by atoms with Crippen LogP contribution in [0.2, 0.25) is 0 Å². The van der Waals surface area contributed by atoms with Crippen LogP contribution in [0.4, 0.5) is 0 Å². The summed E-state index contributed by atoms with van der Waals surface area (Å²) in [6.07, 6.45) is 4.83. The molecule has 0 bridgehead atoms. The molecular formula is C8H19Na2O5P. The van der Waals surface area contributed by atoms with Crippen molar-refractivity contribution >= 4 is 7.82 Å². The summed E-state index contributed by atoms with van der Waals surface area (Å²) in [5, 5.41) is 8.75. The molecule has 0 saturated heterocycles. The van der Waals surface area contributed by atoms with E-state index in [4.69, 9.17) is 24.4 Å². The van der Waals surface area contributed by atoms with Crippen LogP contribution in [0.5, 0.6) is 0 Å². The van der Waals surface area contributed by atoms with E-state index in [0.29, 0.717) is 12.5 Å².